The molecule has 3 aromatic rings. The zero-order valence-electron chi connectivity index (χ0n) is 25.2. The van der Waals surface area contributed by atoms with E-state index in [1.165, 1.54) is 11.1 Å². The Kier molecular flexibility index (Phi) is 10.2. The standard InChI is InChI=1S/C35H42N2O5/c1-23(2)29(34(40)42-22-30-27-17-11-9-15-25(27)26-16-10-12-18-28(26)30)19-37-33(39)32(35(3,4)5)36-20-31(38)41-21-24-13-7-6-8-14-24/h6-18,23,29-30,32,36H,19-22H2,1-5H3,(H,37,39)/t29-,32?/m1/s1. The smallest absolute Gasteiger partial charge is 0.320 e. The number of carbonyl (C=O) groups excluding carboxylic acids is 3. The minimum atomic E-state index is -0.669. The van der Waals surface area contributed by atoms with E-state index in [9.17, 15) is 14.4 Å². The molecular formula is C35H42N2O5. The summed E-state index contributed by atoms with van der Waals surface area (Å²) in [5, 5.41) is 5.99. The summed E-state index contributed by atoms with van der Waals surface area (Å²) >= 11 is 0. The van der Waals surface area contributed by atoms with Gasteiger partial charge >= 0.3 is 11.9 Å². The summed E-state index contributed by atoms with van der Waals surface area (Å²) < 4.78 is 11.2. The van der Waals surface area contributed by atoms with E-state index >= 15 is 0 Å². The molecule has 0 fully saturated rings. The van der Waals surface area contributed by atoms with Crippen molar-refractivity contribution in [3.05, 3.63) is 95.6 Å². The molecule has 1 unspecified atom stereocenters. The first kappa shape index (κ1) is 31.0. The first-order chi connectivity index (χ1) is 20.1. The minimum absolute atomic E-state index is 0.0279. The molecule has 222 valence electrons. The number of nitrogens with one attached hydrogen (secondary N) is 2. The quantitative estimate of drug-likeness (QED) is 0.280. The summed E-state index contributed by atoms with van der Waals surface area (Å²) in [7, 11) is 0. The Hall–Kier alpha value is -3.97. The Morgan fingerprint density at radius 3 is 1.95 bits per heavy atom. The van der Waals surface area contributed by atoms with E-state index < -0.39 is 23.3 Å². The molecule has 4 rings (SSSR count). The maximum atomic E-state index is 13.3. The third-order valence-electron chi connectivity index (χ3n) is 7.78. The molecule has 0 saturated carbocycles. The molecule has 7 nitrogen and oxygen atoms in total. The average Bonchev–Trinajstić information content (AvgIpc) is 3.28. The molecule has 2 atom stereocenters. The van der Waals surface area contributed by atoms with E-state index in [0.717, 1.165) is 16.7 Å². The maximum Gasteiger partial charge on any atom is 0.320 e. The Morgan fingerprint density at radius 1 is 0.810 bits per heavy atom. The highest BCUT2D eigenvalue weighted by Gasteiger charge is 2.34. The molecule has 1 aliphatic rings. The molecule has 2 N–H and O–H groups in total. The van der Waals surface area contributed by atoms with Crippen LogP contribution in [0.1, 0.15) is 57.2 Å². The van der Waals surface area contributed by atoms with Gasteiger partial charge in [-0.2, -0.15) is 0 Å². The van der Waals surface area contributed by atoms with Crippen LogP contribution < -0.4 is 10.6 Å². The number of benzene rings is 3. The van der Waals surface area contributed by atoms with Gasteiger partial charge < -0.3 is 14.8 Å². The van der Waals surface area contributed by atoms with Gasteiger partial charge in [-0.15, -0.1) is 0 Å². The van der Waals surface area contributed by atoms with Crippen molar-refractivity contribution in [2.24, 2.45) is 17.3 Å². The number of hydrogen-bond donors (Lipinski definition) is 2. The van der Waals surface area contributed by atoms with Crippen molar-refractivity contribution >= 4 is 17.8 Å². The molecule has 1 aliphatic carbocycles. The number of amides is 1. The van der Waals surface area contributed by atoms with Gasteiger partial charge in [0.1, 0.15) is 13.2 Å². The molecule has 3 aromatic carbocycles. The van der Waals surface area contributed by atoms with Crippen LogP contribution in [0.3, 0.4) is 0 Å². The number of rotatable bonds is 12. The summed E-state index contributed by atoms with van der Waals surface area (Å²) in [6.45, 7) is 10.1. The van der Waals surface area contributed by atoms with Gasteiger partial charge in [0, 0.05) is 12.5 Å². The van der Waals surface area contributed by atoms with Crippen LogP contribution in [0.2, 0.25) is 0 Å². The van der Waals surface area contributed by atoms with Gasteiger partial charge in [0.25, 0.3) is 0 Å². The zero-order chi connectivity index (χ0) is 30.3. The topological polar surface area (TPSA) is 93.7 Å². The van der Waals surface area contributed by atoms with Gasteiger partial charge in [-0.1, -0.05) is 113 Å². The van der Waals surface area contributed by atoms with E-state index in [-0.39, 0.29) is 50.0 Å². The molecule has 42 heavy (non-hydrogen) atoms. The number of esters is 2. The van der Waals surface area contributed by atoms with E-state index in [0.29, 0.717) is 0 Å². The van der Waals surface area contributed by atoms with Gasteiger partial charge in [-0.25, -0.2) is 0 Å². The largest absolute Gasteiger partial charge is 0.464 e. The Labute approximate surface area is 249 Å². The van der Waals surface area contributed by atoms with Gasteiger partial charge in [-0.05, 0) is 39.2 Å². The fourth-order valence-electron chi connectivity index (χ4n) is 5.38. The molecular weight excluding hydrogens is 528 g/mol. The van der Waals surface area contributed by atoms with Crippen molar-refractivity contribution in [1.29, 1.82) is 0 Å². The highest BCUT2D eigenvalue weighted by Crippen LogP contribution is 2.44. The van der Waals surface area contributed by atoms with Crippen LogP contribution in [0, 0.1) is 17.3 Å². The highest BCUT2D eigenvalue weighted by molar-refractivity contribution is 5.84. The van der Waals surface area contributed by atoms with Crippen LogP contribution >= 0.6 is 0 Å². The maximum absolute atomic E-state index is 13.3. The SMILES string of the molecule is CC(C)[C@@H](CNC(=O)C(NCC(=O)OCc1ccccc1)C(C)(C)C)C(=O)OCC1c2ccccc2-c2ccccc21. The van der Waals surface area contributed by atoms with Gasteiger partial charge in [0.05, 0.1) is 18.5 Å². The van der Waals surface area contributed by atoms with Crippen molar-refractivity contribution in [1.82, 2.24) is 10.6 Å². The van der Waals surface area contributed by atoms with E-state index in [1.54, 1.807) is 0 Å². The van der Waals surface area contributed by atoms with Gasteiger partial charge in [-0.3, -0.25) is 19.7 Å². The number of hydrogen-bond acceptors (Lipinski definition) is 6. The summed E-state index contributed by atoms with van der Waals surface area (Å²) in [5.74, 6) is -1.65. The second kappa shape index (κ2) is 13.8. The summed E-state index contributed by atoms with van der Waals surface area (Å²) in [6.07, 6.45) is 0. The number of carbonyl (C=O) groups is 3. The van der Waals surface area contributed by atoms with Crippen LogP contribution in [0.15, 0.2) is 78.9 Å². The number of ether oxygens (including phenoxy) is 2. The lowest BCUT2D eigenvalue weighted by molar-refractivity contribution is -0.150. The van der Waals surface area contributed by atoms with Crippen molar-refractivity contribution < 1.29 is 23.9 Å². The summed E-state index contributed by atoms with van der Waals surface area (Å²) in [6, 6.07) is 25.2. The molecule has 0 saturated heterocycles. The lowest BCUT2D eigenvalue weighted by Gasteiger charge is -2.31. The molecule has 0 spiro atoms. The molecule has 0 heterocycles. The third-order valence-corrected chi connectivity index (χ3v) is 7.78. The first-order valence-corrected chi connectivity index (χ1v) is 14.6. The summed E-state index contributed by atoms with van der Waals surface area (Å²) in [5.41, 5.74) is 5.06. The van der Waals surface area contributed by atoms with E-state index in [4.69, 9.17) is 9.47 Å². The first-order valence-electron chi connectivity index (χ1n) is 14.6. The zero-order valence-corrected chi connectivity index (χ0v) is 25.2. The van der Waals surface area contributed by atoms with Gasteiger partial charge in [0.2, 0.25) is 5.91 Å². The summed E-state index contributed by atoms with van der Waals surface area (Å²) in [4.78, 5) is 39.0. The van der Waals surface area contributed by atoms with Crippen LogP contribution in [0.4, 0.5) is 0 Å². The predicted octanol–water partition coefficient (Wildman–Crippen LogP) is 5.48. The fourth-order valence-corrected chi connectivity index (χ4v) is 5.38. The van der Waals surface area contributed by atoms with Crippen LogP contribution in [0.25, 0.3) is 11.1 Å². The van der Waals surface area contributed by atoms with Crippen LogP contribution in [0.5, 0.6) is 0 Å². The minimum Gasteiger partial charge on any atom is -0.464 e. The molecule has 0 radical (unpaired) electrons. The normalized spacial score (nSPS) is 14.0. The Balaban J connectivity index is 1.32. The second-order valence-electron chi connectivity index (χ2n) is 12.3. The number of fused-ring (bicyclic) bond motifs is 3. The van der Waals surface area contributed by atoms with Crippen molar-refractivity contribution in [2.75, 3.05) is 19.7 Å². The molecule has 0 bridgehead atoms. The predicted molar refractivity (Wildman–Crippen MR) is 164 cm³/mol. The van der Waals surface area contributed by atoms with Crippen molar-refractivity contribution in [3.8, 4) is 11.1 Å². The van der Waals surface area contributed by atoms with Crippen LogP contribution in [-0.2, 0) is 30.5 Å². The van der Waals surface area contributed by atoms with Crippen molar-refractivity contribution in [3.63, 3.8) is 0 Å². The lowest BCUT2D eigenvalue weighted by atomic mass is 9.85. The van der Waals surface area contributed by atoms with E-state index in [2.05, 4.69) is 34.9 Å². The van der Waals surface area contributed by atoms with Crippen LogP contribution in [-0.4, -0.2) is 43.6 Å². The average molecular weight is 571 g/mol. The second-order valence-corrected chi connectivity index (χ2v) is 12.3. The Bertz CT molecular complexity index is 1330. The monoisotopic (exact) mass is 570 g/mol. The third kappa shape index (κ3) is 7.65. The van der Waals surface area contributed by atoms with E-state index in [1.807, 2.05) is 89.2 Å². The lowest BCUT2D eigenvalue weighted by Crippen LogP contribution is -2.54. The van der Waals surface area contributed by atoms with Crippen molar-refractivity contribution in [2.45, 2.75) is 53.2 Å². The fraction of sp³-hybridized carbons (Fsp3) is 0.400. The molecule has 0 aromatic heterocycles. The molecule has 0 aliphatic heterocycles. The molecule has 1 amide bonds. The van der Waals surface area contributed by atoms with Gasteiger partial charge in [0.15, 0.2) is 0 Å². The molecule has 7 heteroatoms. The highest BCUT2D eigenvalue weighted by atomic mass is 16.5. The Morgan fingerprint density at radius 2 is 1.38 bits per heavy atom.